The summed E-state index contributed by atoms with van der Waals surface area (Å²) in [6, 6.07) is 14.8. The van der Waals surface area contributed by atoms with E-state index in [-0.39, 0.29) is 5.91 Å². The number of nitrogens with zero attached hydrogens (tertiary/aromatic N) is 1. The van der Waals surface area contributed by atoms with E-state index in [2.05, 4.69) is 16.7 Å². The van der Waals surface area contributed by atoms with Gasteiger partial charge < -0.3 is 15.4 Å². The summed E-state index contributed by atoms with van der Waals surface area (Å²) in [6.07, 6.45) is 0.378. The molecule has 0 aliphatic heterocycles. The van der Waals surface area contributed by atoms with Crippen molar-refractivity contribution in [2.75, 3.05) is 17.7 Å². The number of amides is 1. The maximum absolute atomic E-state index is 12.4. The molecule has 0 radical (unpaired) electrons. The minimum atomic E-state index is -0.419. The normalized spacial score (nSPS) is 11.2. The quantitative estimate of drug-likeness (QED) is 0.853. The lowest BCUT2D eigenvalue weighted by atomic mass is 10.1. The van der Waals surface area contributed by atoms with Crippen molar-refractivity contribution in [1.82, 2.24) is 0 Å². The molecule has 0 aromatic heterocycles. The molecule has 2 aromatic carbocycles. The van der Waals surface area contributed by atoms with Gasteiger partial charge in [0.1, 0.15) is 11.8 Å². The smallest absolute Gasteiger partial charge is 0.246 e. The summed E-state index contributed by atoms with van der Waals surface area (Å²) in [7, 11) is 1.57. The number of methoxy groups -OCH3 is 1. The number of ether oxygens (including phenoxy) is 1. The van der Waals surface area contributed by atoms with Crippen LogP contribution in [0.25, 0.3) is 0 Å². The molecule has 0 saturated carbocycles. The van der Waals surface area contributed by atoms with Crippen molar-refractivity contribution < 1.29 is 9.53 Å². The predicted molar refractivity (Wildman–Crippen MR) is 95.2 cm³/mol. The van der Waals surface area contributed by atoms with E-state index in [4.69, 9.17) is 10.00 Å². The molecule has 5 nitrogen and oxygen atoms in total. The van der Waals surface area contributed by atoms with Gasteiger partial charge in [0.15, 0.2) is 0 Å². The molecule has 0 saturated heterocycles. The van der Waals surface area contributed by atoms with Gasteiger partial charge in [0.05, 0.1) is 25.3 Å². The van der Waals surface area contributed by atoms with E-state index in [0.29, 0.717) is 17.9 Å². The number of rotatable bonds is 6. The lowest BCUT2D eigenvalue weighted by molar-refractivity contribution is -0.116. The third kappa shape index (κ3) is 4.50. The molecular formula is C19H21N3O2. The zero-order chi connectivity index (χ0) is 17.5. The SMILES string of the molecule is COc1ccc(C)cc1NC(=O)[C@H](C)Nc1ccc(CC#N)cc1. The largest absolute Gasteiger partial charge is 0.495 e. The van der Waals surface area contributed by atoms with E-state index >= 15 is 0 Å². The zero-order valence-corrected chi connectivity index (χ0v) is 14.1. The van der Waals surface area contributed by atoms with Crippen molar-refractivity contribution in [3.8, 4) is 11.8 Å². The van der Waals surface area contributed by atoms with Crippen molar-refractivity contribution in [2.45, 2.75) is 26.3 Å². The molecule has 0 aliphatic carbocycles. The summed E-state index contributed by atoms with van der Waals surface area (Å²) in [5.41, 5.74) is 3.47. The molecule has 0 aliphatic rings. The Kier molecular flexibility index (Phi) is 5.80. The van der Waals surface area contributed by atoms with Crippen molar-refractivity contribution in [3.05, 3.63) is 53.6 Å². The van der Waals surface area contributed by atoms with E-state index in [1.807, 2.05) is 49.4 Å². The fourth-order valence-corrected chi connectivity index (χ4v) is 2.29. The topological polar surface area (TPSA) is 74.2 Å². The highest BCUT2D eigenvalue weighted by Gasteiger charge is 2.15. The van der Waals surface area contributed by atoms with Crippen LogP contribution in [-0.4, -0.2) is 19.1 Å². The van der Waals surface area contributed by atoms with Crippen LogP contribution in [0.2, 0.25) is 0 Å². The summed E-state index contributed by atoms with van der Waals surface area (Å²) < 4.78 is 5.27. The minimum absolute atomic E-state index is 0.153. The molecule has 0 fully saturated rings. The molecule has 0 unspecified atom stereocenters. The van der Waals surface area contributed by atoms with Crippen LogP contribution in [0.3, 0.4) is 0 Å². The monoisotopic (exact) mass is 323 g/mol. The van der Waals surface area contributed by atoms with Crippen molar-refractivity contribution >= 4 is 17.3 Å². The van der Waals surface area contributed by atoms with Crippen LogP contribution in [0.15, 0.2) is 42.5 Å². The molecule has 2 N–H and O–H groups in total. The van der Waals surface area contributed by atoms with Crippen molar-refractivity contribution in [1.29, 1.82) is 5.26 Å². The predicted octanol–water partition coefficient (Wildman–Crippen LogP) is 3.51. The van der Waals surface area contributed by atoms with Crippen LogP contribution in [-0.2, 0) is 11.2 Å². The second-order valence-corrected chi connectivity index (χ2v) is 5.59. The Morgan fingerprint density at radius 2 is 1.96 bits per heavy atom. The van der Waals surface area contributed by atoms with Gasteiger partial charge in [-0.25, -0.2) is 0 Å². The summed E-state index contributed by atoms with van der Waals surface area (Å²) >= 11 is 0. The fraction of sp³-hybridized carbons (Fsp3) is 0.263. The van der Waals surface area contributed by atoms with Gasteiger partial charge in [0.2, 0.25) is 5.91 Å². The van der Waals surface area contributed by atoms with Gasteiger partial charge >= 0.3 is 0 Å². The molecule has 2 aromatic rings. The average Bonchev–Trinajstić information content (AvgIpc) is 2.57. The van der Waals surface area contributed by atoms with Crippen LogP contribution in [0.4, 0.5) is 11.4 Å². The van der Waals surface area contributed by atoms with E-state index in [0.717, 1.165) is 16.8 Å². The molecule has 1 amide bonds. The molecule has 0 heterocycles. The van der Waals surface area contributed by atoms with E-state index in [1.54, 1.807) is 14.0 Å². The van der Waals surface area contributed by atoms with Crippen LogP contribution in [0.1, 0.15) is 18.1 Å². The summed E-state index contributed by atoms with van der Waals surface area (Å²) in [5, 5.41) is 14.7. The first kappa shape index (κ1) is 17.4. The molecule has 0 spiro atoms. The van der Waals surface area contributed by atoms with Crippen molar-refractivity contribution in [3.63, 3.8) is 0 Å². The number of anilines is 2. The first-order valence-electron chi connectivity index (χ1n) is 7.71. The molecule has 24 heavy (non-hydrogen) atoms. The third-order valence-corrected chi connectivity index (χ3v) is 3.63. The number of nitriles is 1. The summed E-state index contributed by atoms with van der Waals surface area (Å²) in [5.74, 6) is 0.474. The lowest BCUT2D eigenvalue weighted by Crippen LogP contribution is -2.32. The van der Waals surface area contributed by atoms with Crippen molar-refractivity contribution in [2.24, 2.45) is 0 Å². The van der Waals surface area contributed by atoms with Crippen LogP contribution >= 0.6 is 0 Å². The number of carbonyl (C=O) groups excluding carboxylic acids is 1. The minimum Gasteiger partial charge on any atom is -0.495 e. The Bertz CT molecular complexity index is 748. The highest BCUT2D eigenvalue weighted by atomic mass is 16.5. The van der Waals surface area contributed by atoms with Gasteiger partial charge in [-0.3, -0.25) is 4.79 Å². The molecule has 1 atom stereocenters. The lowest BCUT2D eigenvalue weighted by Gasteiger charge is -2.17. The van der Waals surface area contributed by atoms with Gasteiger partial charge in [-0.2, -0.15) is 5.26 Å². The second kappa shape index (κ2) is 8.02. The van der Waals surface area contributed by atoms with E-state index in [9.17, 15) is 4.79 Å². The highest BCUT2D eigenvalue weighted by molar-refractivity contribution is 5.97. The molecule has 124 valence electrons. The number of benzene rings is 2. The maximum atomic E-state index is 12.4. The number of hydrogen-bond acceptors (Lipinski definition) is 4. The van der Waals surface area contributed by atoms with Gasteiger partial charge in [-0.05, 0) is 49.2 Å². The molecule has 5 heteroatoms. The zero-order valence-electron chi connectivity index (χ0n) is 14.1. The van der Waals surface area contributed by atoms with Gasteiger partial charge in [0, 0.05) is 5.69 Å². The fourth-order valence-electron chi connectivity index (χ4n) is 2.29. The van der Waals surface area contributed by atoms with Crippen LogP contribution in [0, 0.1) is 18.3 Å². The van der Waals surface area contributed by atoms with Gasteiger partial charge in [-0.15, -0.1) is 0 Å². The Morgan fingerprint density at radius 3 is 2.58 bits per heavy atom. The first-order valence-corrected chi connectivity index (χ1v) is 7.71. The number of hydrogen-bond donors (Lipinski definition) is 2. The number of nitrogens with one attached hydrogen (secondary N) is 2. The first-order chi connectivity index (χ1) is 11.5. The summed E-state index contributed by atoms with van der Waals surface area (Å²) in [4.78, 5) is 12.4. The maximum Gasteiger partial charge on any atom is 0.246 e. The standard InChI is InChI=1S/C19H21N3O2/c1-13-4-9-18(24-3)17(12-13)22-19(23)14(2)21-16-7-5-15(6-8-16)10-11-20/h4-9,12,14,21H,10H2,1-3H3,(H,22,23)/t14-/m0/s1. The van der Waals surface area contributed by atoms with Gasteiger partial charge in [0.25, 0.3) is 0 Å². The van der Waals surface area contributed by atoms with Crippen LogP contribution in [0.5, 0.6) is 5.75 Å². The number of aryl methyl sites for hydroxylation is 1. The Labute approximate surface area is 142 Å². The Balaban J connectivity index is 2.02. The van der Waals surface area contributed by atoms with E-state index in [1.165, 1.54) is 0 Å². The third-order valence-electron chi connectivity index (χ3n) is 3.63. The second-order valence-electron chi connectivity index (χ2n) is 5.59. The molecular weight excluding hydrogens is 302 g/mol. The highest BCUT2D eigenvalue weighted by Crippen LogP contribution is 2.25. The average molecular weight is 323 g/mol. The van der Waals surface area contributed by atoms with Crippen LogP contribution < -0.4 is 15.4 Å². The Hall–Kier alpha value is -3.00. The summed E-state index contributed by atoms with van der Waals surface area (Å²) in [6.45, 7) is 3.75. The molecule has 2 rings (SSSR count). The van der Waals surface area contributed by atoms with E-state index < -0.39 is 6.04 Å². The van der Waals surface area contributed by atoms with Gasteiger partial charge in [-0.1, -0.05) is 18.2 Å². The number of carbonyl (C=O) groups is 1. The molecule has 0 bridgehead atoms. The Morgan fingerprint density at radius 1 is 1.25 bits per heavy atom.